The molecule has 0 aromatic carbocycles. The highest BCUT2D eigenvalue weighted by molar-refractivity contribution is 4.95. The lowest BCUT2D eigenvalue weighted by Crippen LogP contribution is -2.35. The molecule has 1 N–H and O–H groups in total. The van der Waals surface area contributed by atoms with Gasteiger partial charge in [-0.3, -0.25) is 4.68 Å². The van der Waals surface area contributed by atoms with E-state index in [1.54, 1.807) is 6.33 Å². The van der Waals surface area contributed by atoms with Crippen LogP contribution >= 0.6 is 0 Å². The highest BCUT2D eigenvalue weighted by atomic mass is 15.3. The lowest BCUT2D eigenvalue weighted by atomic mass is 9.83. The molecule has 1 aromatic heterocycles. The molecular formula is C16H28N4. The molecule has 0 saturated heterocycles. The lowest BCUT2D eigenvalue weighted by Gasteiger charge is -2.27. The Morgan fingerprint density at radius 2 is 2.30 bits per heavy atom. The van der Waals surface area contributed by atoms with E-state index in [1.165, 1.54) is 38.5 Å². The fraction of sp³-hybridized carbons (Fsp3) is 0.875. The van der Waals surface area contributed by atoms with Crippen molar-refractivity contribution in [2.75, 3.05) is 6.54 Å². The molecule has 4 atom stereocenters. The minimum absolute atomic E-state index is 0.571. The van der Waals surface area contributed by atoms with E-state index in [2.05, 4.69) is 22.3 Å². The van der Waals surface area contributed by atoms with Crippen molar-refractivity contribution >= 4 is 0 Å². The average Bonchev–Trinajstić information content (AvgIpc) is 3.14. The number of nitrogens with zero attached hydrogens (tertiary/aromatic N) is 3. The van der Waals surface area contributed by atoms with E-state index in [9.17, 15) is 0 Å². The van der Waals surface area contributed by atoms with Gasteiger partial charge in [0.25, 0.3) is 0 Å². The van der Waals surface area contributed by atoms with Crippen molar-refractivity contribution in [1.29, 1.82) is 0 Å². The van der Waals surface area contributed by atoms with Crippen LogP contribution in [0.25, 0.3) is 0 Å². The third-order valence-electron chi connectivity index (χ3n) is 5.39. The summed E-state index contributed by atoms with van der Waals surface area (Å²) >= 11 is 0. The second kappa shape index (κ2) is 6.25. The molecule has 1 aromatic rings. The molecule has 112 valence electrons. The molecule has 0 radical (unpaired) electrons. The molecule has 0 aliphatic heterocycles. The molecule has 2 fully saturated rings. The normalized spacial score (nSPS) is 30.0. The molecule has 0 amide bonds. The van der Waals surface area contributed by atoms with Gasteiger partial charge in [-0.05, 0) is 56.4 Å². The van der Waals surface area contributed by atoms with Crippen LogP contribution in [0.5, 0.6) is 0 Å². The molecule has 4 unspecified atom stereocenters. The van der Waals surface area contributed by atoms with Gasteiger partial charge in [0, 0.05) is 19.5 Å². The number of aromatic nitrogens is 3. The van der Waals surface area contributed by atoms with Gasteiger partial charge in [0.2, 0.25) is 0 Å². The Morgan fingerprint density at radius 1 is 1.40 bits per heavy atom. The largest absolute Gasteiger partial charge is 0.314 e. The third kappa shape index (κ3) is 3.05. The summed E-state index contributed by atoms with van der Waals surface area (Å²) in [5.74, 6) is 4.13. The zero-order valence-corrected chi connectivity index (χ0v) is 12.9. The molecule has 1 heterocycles. The fourth-order valence-corrected chi connectivity index (χ4v) is 4.34. The van der Waals surface area contributed by atoms with Crippen molar-refractivity contribution in [2.45, 2.75) is 57.9 Å². The standard InChI is InChI=1S/C16H28N4/c1-3-6-17-15(10-16-18-11-19-20(16)2)9-14-8-12-4-5-13(14)7-12/h11-15,17H,3-10H2,1-2H3. The summed E-state index contributed by atoms with van der Waals surface area (Å²) < 4.78 is 1.92. The summed E-state index contributed by atoms with van der Waals surface area (Å²) in [4.78, 5) is 4.40. The van der Waals surface area contributed by atoms with E-state index in [1.807, 2.05) is 11.7 Å². The van der Waals surface area contributed by atoms with Gasteiger partial charge in [0.15, 0.2) is 0 Å². The second-order valence-electron chi connectivity index (χ2n) is 6.83. The Hall–Kier alpha value is -0.900. The molecular weight excluding hydrogens is 248 g/mol. The van der Waals surface area contributed by atoms with Crippen molar-refractivity contribution in [2.24, 2.45) is 24.8 Å². The fourth-order valence-electron chi connectivity index (χ4n) is 4.34. The highest BCUT2D eigenvalue weighted by Gasteiger charge is 2.40. The Kier molecular flexibility index (Phi) is 4.39. The molecule has 2 aliphatic rings. The van der Waals surface area contributed by atoms with Crippen LogP contribution in [0.15, 0.2) is 6.33 Å². The summed E-state index contributed by atoms with van der Waals surface area (Å²) in [7, 11) is 2.00. The maximum absolute atomic E-state index is 4.40. The maximum atomic E-state index is 4.40. The summed E-state index contributed by atoms with van der Waals surface area (Å²) in [5.41, 5.74) is 0. The SMILES string of the molecule is CCCNC(Cc1ncnn1C)CC1CC2CCC1C2. The predicted octanol–water partition coefficient (Wildman–Crippen LogP) is 2.55. The molecule has 20 heavy (non-hydrogen) atoms. The first kappa shape index (κ1) is 14.1. The van der Waals surface area contributed by atoms with E-state index in [0.717, 1.165) is 36.5 Å². The zero-order valence-electron chi connectivity index (χ0n) is 12.9. The highest BCUT2D eigenvalue weighted by Crippen LogP contribution is 2.49. The van der Waals surface area contributed by atoms with Gasteiger partial charge < -0.3 is 5.32 Å². The number of nitrogens with one attached hydrogen (secondary N) is 1. The van der Waals surface area contributed by atoms with Crippen LogP contribution in [0, 0.1) is 17.8 Å². The van der Waals surface area contributed by atoms with Crippen molar-refractivity contribution < 1.29 is 0 Å². The number of aryl methyl sites for hydroxylation is 1. The first-order chi connectivity index (χ1) is 9.76. The Morgan fingerprint density at radius 3 is 2.90 bits per heavy atom. The number of hydrogen-bond donors (Lipinski definition) is 1. The number of hydrogen-bond acceptors (Lipinski definition) is 3. The van der Waals surface area contributed by atoms with Crippen molar-refractivity contribution in [3.63, 3.8) is 0 Å². The lowest BCUT2D eigenvalue weighted by molar-refractivity contribution is 0.274. The van der Waals surface area contributed by atoms with Crippen LogP contribution in [0.4, 0.5) is 0 Å². The van der Waals surface area contributed by atoms with Gasteiger partial charge in [-0.15, -0.1) is 0 Å². The minimum Gasteiger partial charge on any atom is -0.314 e. The first-order valence-corrected chi connectivity index (χ1v) is 8.32. The molecule has 3 rings (SSSR count). The predicted molar refractivity (Wildman–Crippen MR) is 80.3 cm³/mol. The van der Waals surface area contributed by atoms with E-state index in [0.29, 0.717) is 6.04 Å². The van der Waals surface area contributed by atoms with Crippen molar-refractivity contribution in [3.8, 4) is 0 Å². The zero-order chi connectivity index (χ0) is 13.9. The number of rotatable bonds is 7. The van der Waals surface area contributed by atoms with E-state index in [4.69, 9.17) is 0 Å². The summed E-state index contributed by atoms with van der Waals surface area (Å²) in [6.45, 7) is 3.35. The Bertz CT molecular complexity index is 428. The Balaban J connectivity index is 1.59. The smallest absolute Gasteiger partial charge is 0.138 e. The van der Waals surface area contributed by atoms with Gasteiger partial charge in [-0.1, -0.05) is 13.3 Å². The molecule has 2 aliphatic carbocycles. The molecule has 4 nitrogen and oxygen atoms in total. The van der Waals surface area contributed by atoms with Crippen LogP contribution in [-0.2, 0) is 13.5 Å². The van der Waals surface area contributed by atoms with Crippen molar-refractivity contribution in [3.05, 3.63) is 12.2 Å². The molecule has 4 heteroatoms. The second-order valence-corrected chi connectivity index (χ2v) is 6.83. The molecule has 2 saturated carbocycles. The van der Waals surface area contributed by atoms with E-state index >= 15 is 0 Å². The maximum Gasteiger partial charge on any atom is 0.138 e. The summed E-state index contributed by atoms with van der Waals surface area (Å²) in [6, 6.07) is 0.571. The van der Waals surface area contributed by atoms with Crippen molar-refractivity contribution in [1.82, 2.24) is 20.1 Å². The summed E-state index contributed by atoms with van der Waals surface area (Å²) in [6.07, 6.45) is 11.2. The topological polar surface area (TPSA) is 42.7 Å². The quantitative estimate of drug-likeness (QED) is 0.832. The average molecular weight is 276 g/mol. The molecule has 2 bridgehead atoms. The summed E-state index contributed by atoms with van der Waals surface area (Å²) in [5, 5.41) is 7.94. The van der Waals surface area contributed by atoms with Crippen LogP contribution in [0.3, 0.4) is 0 Å². The van der Waals surface area contributed by atoms with Crippen LogP contribution in [0.2, 0.25) is 0 Å². The number of fused-ring (bicyclic) bond motifs is 2. The van der Waals surface area contributed by atoms with Gasteiger partial charge in [-0.2, -0.15) is 5.10 Å². The minimum atomic E-state index is 0.571. The van der Waals surface area contributed by atoms with Gasteiger partial charge >= 0.3 is 0 Å². The van der Waals surface area contributed by atoms with Gasteiger partial charge in [-0.25, -0.2) is 4.98 Å². The third-order valence-corrected chi connectivity index (χ3v) is 5.39. The Labute approximate surface area is 122 Å². The van der Waals surface area contributed by atoms with Crippen LogP contribution < -0.4 is 5.32 Å². The monoisotopic (exact) mass is 276 g/mol. The van der Waals surface area contributed by atoms with Gasteiger partial charge in [0.05, 0.1) is 0 Å². The molecule has 0 spiro atoms. The van der Waals surface area contributed by atoms with Crippen LogP contribution in [-0.4, -0.2) is 27.4 Å². The van der Waals surface area contributed by atoms with E-state index in [-0.39, 0.29) is 0 Å². The van der Waals surface area contributed by atoms with Crippen LogP contribution in [0.1, 0.15) is 51.3 Å². The van der Waals surface area contributed by atoms with Gasteiger partial charge in [0.1, 0.15) is 12.2 Å². The van der Waals surface area contributed by atoms with E-state index < -0.39 is 0 Å². The first-order valence-electron chi connectivity index (χ1n) is 8.32.